The molecule has 0 saturated heterocycles. The van der Waals surface area contributed by atoms with E-state index in [1.165, 1.54) is 0 Å². The molecule has 0 saturated carbocycles. The molecule has 0 aliphatic rings. The van der Waals surface area contributed by atoms with Crippen molar-refractivity contribution >= 4 is 11.9 Å². The van der Waals surface area contributed by atoms with Gasteiger partial charge >= 0.3 is 11.9 Å². The molecule has 18 heavy (non-hydrogen) atoms. The quantitative estimate of drug-likeness (QED) is 0.765. The molecule has 0 amide bonds. The summed E-state index contributed by atoms with van der Waals surface area (Å²) in [4.78, 5) is 26.2. The van der Waals surface area contributed by atoms with Crippen molar-refractivity contribution < 1.29 is 24.2 Å². The molecule has 0 atom stereocenters. The van der Waals surface area contributed by atoms with Crippen molar-refractivity contribution in [3.05, 3.63) is 22.5 Å². The highest BCUT2D eigenvalue weighted by atomic mass is 16.5. The van der Waals surface area contributed by atoms with E-state index >= 15 is 0 Å². The summed E-state index contributed by atoms with van der Waals surface area (Å²) in [6, 6.07) is 0. The third kappa shape index (κ3) is 2.89. The third-order valence-electron chi connectivity index (χ3n) is 2.45. The summed E-state index contributed by atoms with van der Waals surface area (Å²) >= 11 is 0. The lowest BCUT2D eigenvalue weighted by molar-refractivity contribution is 0.0432. The molecule has 6 nitrogen and oxygen atoms in total. The van der Waals surface area contributed by atoms with Gasteiger partial charge in [0.25, 0.3) is 0 Å². The highest BCUT2D eigenvalue weighted by Gasteiger charge is 2.23. The van der Waals surface area contributed by atoms with Crippen molar-refractivity contribution in [3.8, 4) is 0 Å². The van der Waals surface area contributed by atoms with E-state index < -0.39 is 11.9 Å². The lowest BCUT2D eigenvalue weighted by Gasteiger charge is -2.03. The van der Waals surface area contributed by atoms with Crippen molar-refractivity contribution in [2.75, 3.05) is 19.8 Å². The van der Waals surface area contributed by atoms with E-state index in [4.69, 9.17) is 14.6 Å². The molecular weight excluding hydrogens is 238 g/mol. The Kier molecular flexibility index (Phi) is 4.91. The number of aryl methyl sites for hydroxylation is 1. The maximum atomic E-state index is 11.7. The standard InChI is InChI=1S/C12H17NO5/c1-4-17-12(16)10-7(2)9(8(3)13-10)11(15)18-6-5-14/h13-14H,4-6H2,1-3H3. The number of rotatable bonds is 5. The molecule has 0 aliphatic carbocycles. The molecule has 1 aromatic heterocycles. The number of nitrogens with one attached hydrogen (secondary N) is 1. The second kappa shape index (κ2) is 6.20. The van der Waals surface area contributed by atoms with Crippen LogP contribution in [0.5, 0.6) is 0 Å². The minimum atomic E-state index is -0.564. The molecule has 6 heteroatoms. The van der Waals surface area contributed by atoms with Crippen LogP contribution in [-0.4, -0.2) is 41.8 Å². The third-order valence-corrected chi connectivity index (χ3v) is 2.45. The summed E-state index contributed by atoms with van der Waals surface area (Å²) in [5.41, 5.74) is 1.60. The largest absolute Gasteiger partial charge is 0.461 e. The van der Waals surface area contributed by atoms with Gasteiger partial charge in [-0.2, -0.15) is 0 Å². The van der Waals surface area contributed by atoms with Gasteiger partial charge in [0, 0.05) is 5.69 Å². The number of hydrogen-bond donors (Lipinski definition) is 2. The fraction of sp³-hybridized carbons (Fsp3) is 0.500. The van der Waals surface area contributed by atoms with Gasteiger partial charge in [0.15, 0.2) is 0 Å². The Labute approximate surface area is 105 Å². The molecular formula is C12H17NO5. The van der Waals surface area contributed by atoms with Gasteiger partial charge in [-0.05, 0) is 26.3 Å². The Morgan fingerprint density at radius 3 is 2.44 bits per heavy atom. The van der Waals surface area contributed by atoms with E-state index in [9.17, 15) is 9.59 Å². The topological polar surface area (TPSA) is 88.6 Å². The molecule has 0 bridgehead atoms. The molecule has 0 fully saturated rings. The van der Waals surface area contributed by atoms with Crippen LogP contribution in [0.25, 0.3) is 0 Å². The molecule has 0 unspecified atom stereocenters. The van der Waals surface area contributed by atoms with Crippen LogP contribution in [0.2, 0.25) is 0 Å². The number of H-pyrrole nitrogens is 1. The molecule has 2 N–H and O–H groups in total. The number of carbonyl (C=O) groups is 2. The average molecular weight is 255 g/mol. The van der Waals surface area contributed by atoms with Gasteiger partial charge in [0.05, 0.1) is 18.8 Å². The summed E-state index contributed by atoms with van der Waals surface area (Å²) in [6.07, 6.45) is 0. The van der Waals surface area contributed by atoms with Crippen molar-refractivity contribution in [1.29, 1.82) is 0 Å². The zero-order valence-electron chi connectivity index (χ0n) is 10.7. The number of aromatic amines is 1. The second-order valence-electron chi connectivity index (χ2n) is 3.70. The summed E-state index contributed by atoms with van der Waals surface area (Å²) in [5.74, 6) is -1.06. The van der Waals surface area contributed by atoms with E-state index in [-0.39, 0.29) is 25.5 Å². The van der Waals surface area contributed by atoms with Crippen LogP contribution in [-0.2, 0) is 9.47 Å². The molecule has 100 valence electrons. The minimum Gasteiger partial charge on any atom is -0.461 e. The monoisotopic (exact) mass is 255 g/mol. The smallest absolute Gasteiger partial charge is 0.355 e. The van der Waals surface area contributed by atoms with Crippen LogP contribution in [0.1, 0.15) is 39.0 Å². The molecule has 1 aromatic rings. The number of aliphatic hydroxyl groups is 1. The SMILES string of the molecule is CCOC(=O)c1[nH]c(C)c(C(=O)OCCO)c1C. The Balaban J connectivity index is 3.00. The van der Waals surface area contributed by atoms with Gasteiger partial charge in [0.2, 0.25) is 0 Å². The van der Waals surface area contributed by atoms with E-state index in [0.717, 1.165) is 0 Å². The first-order valence-electron chi connectivity index (χ1n) is 5.67. The average Bonchev–Trinajstić information content (AvgIpc) is 2.62. The highest BCUT2D eigenvalue weighted by Crippen LogP contribution is 2.19. The summed E-state index contributed by atoms with van der Waals surface area (Å²) in [7, 11) is 0. The zero-order chi connectivity index (χ0) is 13.7. The molecule has 1 heterocycles. The number of aliphatic hydroxyl groups excluding tert-OH is 1. The number of carbonyl (C=O) groups excluding carboxylic acids is 2. The van der Waals surface area contributed by atoms with Gasteiger partial charge in [0.1, 0.15) is 12.3 Å². The van der Waals surface area contributed by atoms with Crippen molar-refractivity contribution in [3.63, 3.8) is 0 Å². The lowest BCUT2D eigenvalue weighted by atomic mass is 10.1. The maximum Gasteiger partial charge on any atom is 0.355 e. The normalized spacial score (nSPS) is 10.2. The Morgan fingerprint density at radius 1 is 1.22 bits per heavy atom. The number of esters is 2. The molecule has 0 aliphatic heterocycles. The van der Waals surface area contributed by atoms with E-state index in [2.05, 4.69) is 4.98 Å². The first kappa shape index (κ1) is 14.2. The lowest BCUT2D eigenvalue weighted by Crippen LogP contribution is -2.11. The summed E-state index contributed by atoms with van der Waals surface area (Å²) in [6.45, 7) is 4.98. The molecule has 0 aromatic carbocycles. The van der Waals surface area contributed by atoms with Crippen molar-refractivity contribution in [1.82, 2.24) is 4.98 Å². The maximum absolute atomic E-state index is 11.7. The predicted molar refractivity (Wildman–Crippen MR) is 63.6 cm³/mol. The van der Waals surface area contributed by atoms with Gasteiger partial charge < -0.3 is 19.6 Å². The van der Waals surface area contributed by atoms with Gasteiger partial charge in [-0.3, -0.25) is 0 Å². The van der Waals surface area contributed by atoms with Crippen LogP contribution >= 0.6 is 0 Å². The molecule has 0 spiro atoms. The number of hydrogen-bond acceptors (Lipinski definition) is 5. The summed E-state index contributed by atoms with van der Waals surface area (Å²) < 4.78 is 9.71. The van der Waals surface area contributed by atoms with Crippen LogP contribution in [0.3, 0.4) is 0 Å². The van der Waals surface area contributed by atoms with Gasteiger partial charge in [-0.1, -0.05) is 0 Å². The first-order valence-corrected chi connectivity index (χ1v) is 5.67. The van der Waals surface area contributed by atoms with Gasteiger partial charge in [-0.25, -0.2) is 9.59 Å². The molecule has 0 radical (unpaired) electrons. The number of ether oxygens (including phenoxy) is 2. The fourth-order valence-electron chi connectivity index (χ4n) is 1.67. The van der Waals surface area contributed by atoms with Crippen LogP contribution in [0.15, 0.2) is 0 Å². The van der Waals surface area contributed by atoms with Crippen molar-refractivity contribution in [2.24, 2.45) is 0 Å². The van der Waals surface area contributed by atoms with E-state index in [1.807, 2.05) is 0 Å². The Bertz CT molecular complexity index is 450. The van der Waals surface area contributed by atoms with Crippen LogP contribution < -0.4 is 0 Å². The van der Waals surface area contributed by atoms with Crippen molar-refractivity contribution in [2.45, 2.75) is 20.8 Å². The fourth-order valence-corrected chi connectivity index (χ4v) is 1.67. The highest BCUT2D eigenvalue weighted by molar-refractivity contribution is 5.98. The van der Waals surface area contributed by atoms with Crippen LogP contribution in [0.4, 0.5) is 0 Å². The second-order valence-corrected chi connectivity index (χ2v) is 3.70. The van der Waals surface area contributed by atoms with E-state index in [1.54, 1.807) is 20.8 Å². The molecule has 1 rings (SSSR count). The first-order chi connectivity index (χ1) is 8.52. The predicted octanol–water partition coefficient (Wildman–Crippen LogP) is 0.957. The summed E-state index contributed by atoms with van der Waals surface area (Å²) in [5, 5.41) is 8.60. The Morgan fingerprint density at radius 2 is 1.89 bits per heavy atom. The zero-order valence-corrected chi connectivity index (χ0v) is 10.7. The van der Waals surface area contributed by atoms with Crippen LogP contribution in [0, 0.1) is 13.8 Å². The van der Waals surface area contributed by atoms with Gasteiger partial charge in [-0.15, -0.1) is 0 Å². The van der Waals surface area contributed by atoms with E-state index in [0.29, 0.717) is 16.8 Å². The minimum absolute atomic E-state index is 0.0718. The Hall–Kier alpha value is -1.82. The number of aromatic nitrogens is 1.